The second-order valence-electron chi connectivity index (χ2n) is 8.13. The van der Waals surface area contributed by atoms with E-state index in [-0.39, 0.29) is 23.2 Å². The quantitative estimate of drug-likeness (QED) is 0.360. The second-order valence-corrected chi connectivity index (χ2v) is 8.13. The van der Waals surface area contributed by atoms with E-state index in [9.17, 15) is 22.8 Å². The van der Waals surface area contributed by atoms with Gasteiger partial charge >= 0.3 is 12.4 Å². The fraction of sp³-hybridized carbons (Fsp3) is 0.292. The molecule has 192 valence electrons. The average Bonchev–Trinajstić information content (AvgIpc) is 3.19. The predicted molar refractivity (Wildman–Crippen MR) is 129 cm³/mol. The number of hydrogen-bond donors (Lipinski definition) is 3. The number of amides is 3. The Morgan fingerprint density at radius 1 is 1.03 bits per heavy atom. The maximum Gasteiger partial charge on any atom is 0.573 e. The maximum atomic E-state index is 12.8. The molecule has 1 heterocycles. The van der Waals surface area contributed by atoms with Gasteiger partial charge in [-0.1, -0.05) is 30.3 Å². The minimum atomic E-state index is -4.80. The molecule has 0 atom stereocenters. The van der Waals surface area contributed by atoms with Crippen LogP contribution in [-0.4, -0.2) is 59.9 Å². The molecule has 1 aromatic heterocycles. The Morgan fingerprint density at radius 2 is 1.72 bits per heavy atom. The number of aromatic nitrogens is 2. The molecule has 36 heavy (non-hydrogen) atoms. The molecule has 0 fully saturated rings. The maximum absolute atomic E-state index is 12.8. The summed E-state index contributed by atoms with van der Waals surface area (Å²) in [6, 6.07) is 13.5. The fourth-order valence-corrected chi connectivity index (χ4v) is 3.25. The smallest absolute Gasteiger partial charge is 0.406 e. The molecule has 0 saturated heterocycles. The first-order valence-corrected chi connectivity index (χ1v) is 11.1. The van der Waals surface area contributed by atoms with E-state index < -0.39 is 18.1 Å². The number of nitrogens with zero attached hydrogens (tertiary/aromatic N) is 3. The minimum Gasteiger partial charge on any atom is -0.406 e. The van der Waals surface area contributed by atoms with Gasteiger partial charge in [0.05, 0.1) is 0 Å². The summed E-state index contributed by atoms with van der Waals surface area (Å²) in [7, 11) is 3.89. The minimum absolute atomic E-state index is 0.132. The summed E-state index contributed by atoms with van der Waals surface area (Å²) in [5.74, 6) is -0.515. The van der Waals surface area contributed by atoms with E-state index in [0.29, 0.717) is 13.1 Å². The topological polar surface area (TPSA) is 101 Å². The van der Waals surface area contributed by atoms with E-state index in [1.807, 2.05) is 49.3 Å². The molecular weight excluding hydrogens is 477 g/mol. The van der Waals surface area contributed by atoms with Gasteiger partial charge in [-0.3, -0.25) is 10.1 Å². The molecule has 0 saturated carbocycles. The number of urea groups is 1. The summed E-state index contributed by atoms with van der Waals surface area (Å²) >= 11 is 0. The first-order valence-electron chi connectivity index (χ1n) is 11.1. The Kier molecular flexibility index (Phi) is 8.90. The number of carbonyl (C=O) groups excluding carboxylic acids is 2. The SMILES string of the molecule is CN(C)CCCNC(=O)c1nc(NC(=O)Nc2ccc(OC(F)(F)F)cc2)cn1Cc1ccccc1. The van der Waals surface area contributed by atoms with E-state index in [4.69, 9.17) is 0 Å². The van der Waals surface area contributed by atoms with Gasteiger partial charge in [-0.15, -0.1) is 13.2 Å². The normalized spacial score (nSPS) is 11.3. The van der Waals surface area contributed by atoms with Crippen molar-refractivity contribution in [1.29, 1.82) is 0 Å². The van der Waals surface area contributed by atoms with Gasteiger partial charge in [0, 0.05) is 25.0 Å². The van der Waals surface area contributed by atoms with Crippen LogP contribution in [0.15, 0.2) is 60.8 Å². The number of anilines is 2. The number of alkyl halides is 3. The van der Waals surface area contributed by atoms with Gasteiger partial charge in [-0.2, -0.15) is 0 Å². The van der Waals surface area contributed by atoms with E-state index >= 15 is 0 Å². The van der Waals surface area contributed by atoms with Crippen molar-refractivity contribution in [3.05, 3.63) is 72.2 Å². The number of ether oxygens (including phenoxy) is 1. The summed E-state index contributed by atoms with van der Waals surface area (Å²) < 4.78 is 42.3. The lowest BCUT2D eigenvalue weighted by molar-refractivity contribution is -0.274. The highest BCUT2D eigenvalue weighted by atomic mass is 19.4. The lowest BCUT2D eigenvalue weighted by Gasteiger charge is -2.10. The summed E-state index contributed by atoms with van der Waals surface area (Å²) in [6.45, 7) is 1.64. The van der Waals surface area contributed by atoms with Crippen LogP contribution >= 0.6 is 0 Å². The molecule has 0 unspecified atom stereocenters. The number of rotatable bonds is 10. The van der Waals surface area contributed by atoms with E-state index in [0.717, 1.165) is 30.7 Å². The van der Waals surface area contributed by atoms with Gasteiger partial charge in [0.25, 0.3) is 5.91 Å². The van der Waals surface area contributed by atoms with Crippen LogP contribution in [-0.2, 0) is 6.54 Å². The second kappa shape index (κ2) is 12.1. The van der Waals surface area contributed by atoms with Crippen LogP contribution in [0.25, 0.3) is 0 Å². The molecule has 0 aliphatic rings. The first-order chi connectivity index (χ1) is 17.1. The molecule has 0 aliphatic heterocycles. The monoisotopic (exact) mass is 504 g/mol. The van der Waals surface area contributed by atoms with Crippen molar-refractivity contribution in [2.75, 3.05) is 37.8 Å². The van der Waals surface area contributed by atoms with Crippen molar-refractivity contribution in [2.45, 2.75) is 19.3 Å². The van der Waals surface area contributed by atoms with Crippen LogP contribution in [0.4, 0.5) is 29.5 Å². The van der Waals surface area contributed by atoms with Gasteiger partial charge in [0.2, 0.25) is 5.82 Å². The first kappa shape index (κ1) is 26.5. The third-order valence-corrected chi connectivity index (χ3v) is 4.83. The summed E-state index contributed by atoms with van der Waals surface area (Å²) in [6.07, 6.45) is -2.50. The zero-order valence-corrected chi connectivity index (χ0v) is 19.8. The zero-order valence-electron chi connectivity index (χ0n) is 19.8. The van der Waals surface area contributed by atoms with Crippen molar-refractivity contribution in [3.8, 4) is 5.75 Å². The lowest BCUT2D eigenvalue weighted by Crippen LogP contribution is -2.29. The molecule has 0 aliphatic carbocycles. The molecule has 0 spiro atoms. The average molecular weight is 505 g/mol. The highest BCUT2D eigenvalue weighted by Crippen LogP contribution is 2.24. The lowest BCUT2D eigenvalue weighted by atomic mass is 10.2. The number of imidazole rings is 1. The third-order valence-electron chi connectivity index (χ3n) is 4.83. The highest BCUT2D eigenvalue weighted by molar-refractivity contribution is 5.99. The molecule has 3 rings (SSSR count). The largest absolute Gasteiger partial charge is 0.573 e. The number of hydrogen-bond acceptors (Lipinski definition) is 5. The molecular formula is C24H27F3N6O3. The van der Waals surface area contributed by atoms with Crippen LogP contribution < -0.4 is 20.7 Å². The molecule has 3 amide bonds. The van der Waals surface area contributed by atoms with Crippen LogP contribution in [0.2, 0.25) is 0 Å². The van der Waals surface area contributed by atoms with Crippen molar-refractivity contribution >= 4 is 23.4 Å². The molecule has 3 aromatic rings. The molecule has 0 bridgehead atoms. The highest BCUT2D eigenvalue weighted by Gasteiger charge is 2.31. The van der Waals surface area contributed by atoms with Gasteiger partial charge < -0.3 is 24.8 Å². The molecule has 0 radical (unpaired) electrons. The van der Waals surface area contributed by atoms with Crippen LogP contribution in [0.3, 0.4) is 0 Å². The van der Waals surface area contributed by atoms with Crippen LogP contribution in [0.5, 0.6) is 5.75 Å². The van der Waals surface area contributed by atoms with Crippen molar-refractivity contribution in [3.63, 3.8) is 0 Å². The fourth-order valence-electron chi connectivity index (χ4n) is 3.25. The Morgan fingerprint density at radius 3 is 2.36 bits per heavy atom. The summed E-state index contributed by atoms with van der Waals surface area (Å²) in [4.78, 5) is 31.5. The van der Waals surface area contributed by atoms with E-state index in [1.165, 1.54) is 12.1 Å². The van der Waals surface area contributed by atoms with E-state index in [2.05, 4.69) is 25.7 Å². The standard InChI is InChI=1S/C24H27F3N6O3/c1-32(2)14-6-13-28-22(34)21-30-20(16-33(21)15-17-7-4-3-5-8-17)31-23(35)29-18-9-11-19(12-10-18)36-24(25,26)27/h3-5,7-12,16H,6,13-15H2,1-2H3,(H,28,34)(H2,29,31,35). The van der Waals surface area contributed by atoms with Crippen LogP contribution in [0.1, 0.15) is 22.6 Å². The van der Waals surface area contributed by atoms with Crippen molar-refractivity contribution in [2.24, 2.45) is 0 Å². The number of carbonyl (C=O) groups is 2. The third kappa shape index (κ3) is 8.62. The molecule has 12 heteroatoms. The van der Waals surface area contributed by atoms with E-state index in [1.54, 1.807) is 10.8 Å². The zero-order chi connectivity index (χ0) is 26.1. The number of halogens is 3. The summed E-state index contributed by atoms with van der Waals surface area (Å²) in [5.41, 5.74) is 1.18. The molecule has 9 nitrogen and oxygen atoms in total. The van der Waals surface area contributed by atoms with Crippen LogP contribution in [0, 0.1) is 0 Å². The molecule has 2 aromatic carbocycles. The van der Waals surface area contributed by atoms with Gasteiger partial charge in [0.1, 0.15) is 5.75 Å². The van der Waals surface area contributed by atoms with Crippen molar-refractivity contribution < 1.29 is 27.5 Å². The Balaban J connectivity index is 1.68. The van der Waals surface area contributed by atoms with Crippen molar-refractivity contribution in [1.82, 2.24) is 19.8 Å². The van der Waals surface area contributed by atoms with Gasteiger partial charge in [0.15, 0.2) is 5.82 Å². The number of benzene rings is 2. The summed E-state index contributed by atoms with van der Waals surface area (Å²) in [5, 5.41) is 7.89. The Labute approximate surface area is 206 Å². The molecule has 3 N–H and O–H groups in total. The van der Waals surface area contributed by atoms with Gasteiger partial charge in [-0.05, 0) is 56.9 Å². The predicted octanol–water partition coefficient (Wildman–Crippen LogP) is 4.16. The van der Waals surface area contributed by atoms with Gasteiger partial charge in [-0.25, -0.2) is 9.78 Å². The number of nitrogens with one attached hydrogen (secondary N) is 3. The Hall–Kier alpha value is -4.06. The Bertz CT molecular complexity index is 1150.